The fourth-order valence-electron chi connectivity index (χ4n) is 2.22. The molecule has 0 amide bonds. The molecule has 4 heteroatoms. The smallest absolute Gasteiger partial charge is 0.338 e. The van der Waals surface area contributed by atoms with Crippen molar-refractivity contribution in [1.29, 1.82) is 0 Å². The first-order chi connectivity index (χ1) is 8.09. The minimum atomic E-state index is -0.831. The molecular formula is C13H14O4. The minimum absolute atomic E-state index is 0.0704. The number of methoxy groups -OCH3 is 1. The molecule has 1 saturated carbocycles. The second-order valence-electron chi connectivity index (χ2n) is 4.39. The van der Waals surface area contributed by atoms with Crippen LogP contribution in [-0.2, 0) is 14.9 Å². The van der Waals surface area contributed by atoms with Gasteiger partial charge in [-0.15, -0.1) is 0 Å². The number of carboxylic acid groups (broad SMARTS) is 1. The second-order valence-corrected chi connectivity index (χ2v) is 4.39. The van der Waals surface area contributed by atoms with E-state index in [-0.39, 0.29) is 11.8 Å². The average molecular weight is 234 g/mol. The summed E-state index contributed by atoms with van der Waals surface area (Å²) in [4.78, 5) is 22.5. The van der Waals surface area contributed by atoms with E-state index in [0.717, 1.165) is 18.4 Å². The Morgan fingerprint density at radius 1 is 1.35 bits per heavy atom. The van der Waals surface area contributed by atoms with Crippen LogP contribution in [0, 0.1) is 0 Å². The van der Waals surface area contributed by atoms with Gasteiger partial charge in [0.05, 0.1) is 19.1 Å². The number of aliphatic carboxylic acids is 1. The summed E-state index contributed by atoms with van der Waals surface area (Å²) in [5.74, 6) is -1.24. The molecule has 1 aromatic rings. The molecule has 0 heterocycles. The van der Waals surface area contributed by atoms with Gasteiger partial charge in [0.15, 0.2) is 0 Å². The maximum absolute atomic E-state index is 11.6. The van der Waals surface area contributed by atoms with Crippen LogP contribution in [0.5, 0.6) is 0 Å². The lowest BCUT2D eigenvalue weighted by atomic mass is 9.88. The summed E-state index contributed by atoms with van der Waals surface area (Å²) in [6, 6.07) is 7.08. The third-order valence-corrected chi connectivity index (χ3v) is 3.25. The number of esters is 1. The lowest BCUT2D eigenvalue weighted by Gasteiger charge is -2.16. The van der Waals surface area contributed by atoms with E-state index in [1.165, 1.54) is 7.11 Å². The molecule has 0 aromatic heterocycles. The molecule has 17 heavy (non-hydrogen) atoms. The predicted octanol–water partition coefficient (Wildman–Crippen LogP) is 1.98. The van der Waals surface area contributed by atoms with Crippen molar-refractivity contribution in [3.8, 4) is 0 Å². The van der Waals surface area contributed by atoms with Gasteiger partial charge in [-0.3, -0.25) is 4.79 Å². The second kappa shape index (κ2) is 4.20. The summed E-state index contributed by atoms with van der Waals surface area (Å²) in [6.07, 6.45) is 1.70. The van der Waals surface area contributed by atoms with Gasteiger partial charge in [-0.1, -0.05) is 18.2 Å². The van der Waals surface area contributed by atoms with Gasteiger partial charge in [0.2, 0.25) is 0 Å². The largest absolute Gasteiger partial charge is 0.481 e. The van der Waals surface area contributed by atoms with Crippen molar-refractivity contribution < 1.29 is 19.4 Å². The summed E-state index contributed by atoms with van der Waals surface area (Å²) in [5.41, 5.74) is 0.916. The van der Waals surface area contributed by atoms with Crippen molar-refractivity contribution in [2.75, 3.05) is 7.11 Å². The number of carboxylic acids is 1. The number of carbonyl (C=O) groups is 2. The fraction of sp³-hybridized carbons (Fsp3) is 0.385. The normalized spacial score (nSPS) is 16.3. The van der Waals surface area contributed by atoms with Gasteiger partial charge in [0.25, 0.3) is 0 Å². The maximum Gasteiger partial charge on any atom is 0.338 e. The van der Waals surface area contributed by atoms with E-state index in [0.29, 0.717) is 5.56 Å². The third-order valence-electron chi connectivity index (χ3n) is 3.25. The highest BCUT2D eigenvalue weighted by atomic mass is 16.5. The number of carbonyl (C=O) groups excluding carboxylic acids is 1. The van der Waals surface area contributed by atoms with Crippen LogP contribution >= 0.6 is 0 Å². The lowest BCUT2D eigenvalue weighted by molar-refractivity contribution is -0.137. The molecule has 0 bridgehead atoms. The van der Waals surface area contributed by atoms with Crippen LogP contribution in [0.4, 0.5) is 0 Å². The molecule has 2 rings (SSSR count). The van der Waals surface area contributed by atoms with Crippen LogP contribution in [0.2, 0.25) is 0 Å². The van der Waals surface area contributed by atoms with Gasteiger partial charge in [-0.25, -0.2) is 4.79 Å². The minimum Gasteiger partial charge on any atom is -0.481 e. The number of rotatable bonds is 4. The Kier molecular flexibility index (Phi) is 2.88. The van der Waals surface area contributed by atoms with Crippen LogP contribution in [0.1, 0.15) is 35.2 Å². The zero-order valence-corrected chi connectivity index (χ0v) is 9.60. The number of hydrogen-bond donors (Lipinski definition) is 1. The van der Waals surface area contributed by atoms with E-state index in [9.17, 15) is 9.59 Å². The predicted molar refractivity (Wildman–Crippen MR) is 60.9 cm³/mol. The van der Waals surface area contributed by atoms with E-state index in [1.54, 1.807) is 12.1 Å². The monoisotopic (exact) mass is 234 g/mol. The van der Waals surface area contributed by atoms with Crippen LogP contribution in [0.25, 0.3) is 0 Å². The SMILES string of the molecule is COC(=O)c1ccccc1C1(CC(=O)O)CC1. The van der Waals surface area contributed by atoms with E-state index in [2.05, 4.69) is 0 Å². The van der Waals surface area contributed by atoms with Gasteiger partial charge in [-0.05, 0) is 24.5 Å². The Hall–Kier alpha value is -1.84. The van der Waals surface area contributed by atoms with Crippen LogP contribution in [-0.4, -0.2) is 24.2 Å². The summed E-state index contributed by atoms with van der Waals surface area (Å²) < 4.78 is 4.72. The molecule has 1 N–H and O–H groups in total. The Morgan fingerprint density at radius 3 is 2.53 bits per heavy atom. The molecule has 4 nitrogen and oxygen atoms in total. The van der Waals surface area contributed by atoms with Crippen molar-refractivity contribution in [2.45, 2.75) is 24.7 Å². The van der Waals surface area contributed by atoms with Gasteiger partial charge < -0.3 is 9.84 Å². The summed E-state index contributed by atoms with van der Waals surface area (Å²) >= 11 is 0. The van der Waals surface area contributed by atoms with Crippen LogP contribution in [0.3, 0.4) is 0 Å². The highest BCUT2D eigenvalue weighted by Crippen LogP contribution is 2.52. The molecule has 1 aliphatic rings. The topological polar surface area (TPSA) is 63.6 Å². The molecule has 0 unspecified atom stereocenters. The summed E-state index contributed by atoms with van der Waals surface area (Å²) in [6.45, 7) is 0. The molecular weight excluding hydrogens is 220 g/mol. The highest BCUT2D eigenvalue weighted by molar-refractivity contribution is 5.92. The molecule has 0 spiro atoms. The zero-order chi connectivity index (χ0) is 12.5. The molecule has 0 atom stereocenters. The molecule has 1 aromatic carbocycles. The standard InChI is InChI=1S/C13H14O4/c1-17-12(16)9-4-2-3-5-10(9)13(6-7-13)8-11(14)15/h2-5H,6-8H2,1H3,(H,14,15). The fourth-order valence-corrected chi connectivity index (χ4v) is 2.22. The molecule has 0 aliphatic heterocycles. The Labute approximate surface area is 99.2 Å². The first-order valence-corrected chi connectivity index (χ1v) is 5.49. The Balaban J connectivity index is 2.38. The van der Waals surface area contributed by atoms with E-state index in [1.807, 2.05) is 12.1 Å². The van der Waals surface area contributed by atoms with Crippen molar-refractivity contribution in [3.05, 3.63) is 35.4 Å². The average Bonchev–Trinajstić information content (AvgIpc) is 3.08. The van der Waals surface area contributed by atoms with Crippen LogP contribution in [0.15, 0.2) is 24.3 Å². The molecule has 1 aliphatic carbocycles. The lowest BCUT2D eigenvalue weighted by Crippen LogP contribution is -2.17. The first-order valence-electron chi connectivity index (χ1n) is 5.49. The summed E-state index contributed by atoms with van der Waals surface area (Å²) in [5, 5.41) is 8.92. The number of hydrogen-bond acceptors (Lipinski definition) is 3. The van der Waals surface area contributed by atoms with Crippen molar-refractivity contribution in [3.63, 3.8) is 0 Å². The maximum atomic E-state index is 11.6. The van der Waals surface area contributed by atoms with Crippen molar-refractivity contribution in [2.24, 2.45) is 0 Å². The van der Waals surface area contributed by atoms with E-state index >= 15 is 0 Å². The van der Waals surface area contributed by atoms with Gasteiger partial charge in [0, 0.05) is 5.41 Å². The van der Waals surface area contributed by atoms with Gasteiger partial charge >= 0.3 is 11.9 Å². The molecule has 0 saturated heterocycles. The Bertz CT molecular complexity index is 460. The zero-order valence-electron chi connectivity index (χ0n) is 9.60. The quantitative estimate of drug-likeness (QED) is 0.809. The van der Waals surface area contributed by atoms with Crippen molar-refractivity contribution in [1.82, 2.24) is 0 Å². The number of ether oxygens (including phenoxy) is 1. The third kappa shape index (κ3) is 2.16. The van der Waals surface area contributed by atoms with Crippen LogP contribution < -0.4 is 0 Å². The highest BCUT2D eigenvalue weighted by Gasteiger charge is 2.47. The number of benzene rings is 1. The van der Waals surface area contributed by atoms with Crippen molar-refractivity contribution >= 4 is 11.9 Å². The van der Waals surface area contributed by atoms with E-state index in [4.69, 9.17) is 9.84 Å². The molecule has 90 valence electrons. The molecule has 1 fully saturated rings. The van der Waals surface area contributed by atoms with E-state index < -0.39 is 11.9 Å². The van der Waals surface area contributed by atoms with Gasteiger partial charge in [0.1, 0.15) is 0 Å². The first kappa shape index (κ1) is 11.6. The Morgan fingerprint density at radius 2 is 2.00 bits per heavy atom. The summed E-state index contributed by atoms with van der Waals surface area (Å²) in [7, 11) is 1.33. The molecule has 0 radical (unpaired) electrons. The van der Waals surface area contributed by atoms with Gasteiger partial charge in [-0.2, -0.15) is 0 Å².